The molecule has 4 nitrogen and oxygen atoms in total. The van der Waals surface area contributed by atoms with Gasteiger partial charge in [0.2, 0.25) is 0 Å². The van der Waals surface area contributed by atoms with E-state index < -0.39 is 47.2 Å². The second-order valence-corrected chi connectivity index (χ2v) is 13.7. The summed E-state index contributed by atoms with van der Waals surface area (Å²) in [5.41, 5.74) is -5.63. The van der Waals surface area contributed by atoms with Crippen LogP contribution < -0.4 is 20.2 Å². The van der Waals surface area contributed by atoms with Gasteiger partial charge in [0.1, 0.15) is 0 Å². The monoisotopic (exact) mass is 710 g/mol. The van der Waals surface area contributed by atoms with Crippen LogP contribution in [0.2, 0.25) is 26.2 Å². The summed E-state index contributed by atoms with van der Waals surface area (Å²) in [4.78, 5) is 26.8. The van der Waals surface area contributed by atoms with Crippen LogP contribution in [0.5, 0.6) is 0 Å². The third-order valence-corrected chi connectivity index (χ3v) is 8.65. The van der Waals surface area contributed by atoms with E-state index in [4.69, 9.17) is 0 Å². The molecule has 2 aromatic rings. The van der Waals surface area contributed by atoms with E-state index in [1.807, 2.05) is 26.2 Å². The number of hydrogen-bond donors (Lipinski definition) is 0. The first-order chi connectivity index (χ1) is 16.0. The van der Waals surface area contributed by atoms with Gasteiger partial charge >= 0.3 is 17.8 Å². The van der Waals surface area contributed by atoms with Crippen molar-refractivity contribution >= 4 is 51.2 Å². The minimum atomic E-state index is -6.26. The van der Waals surface area contributed by atoms with Crippen molar-refractivity contribution in [3.63, 3.8) is 0 Å². The molecule has 0 aliphatic heterocycles. The Labute approximate surface area is 266 Å². The van der Waals surface area contributed by atoms with E-state index in [0.29, 0.717) is 10.4 Å². The minimum absolute atomic E-state index is 0. The minimum Gasteiger partial charge on any atom is -0.314 e. The largest absolute Gasteiger partial charge is 0.421 e. The molecule has 0 aliphatic carbocycles. The Hall–Kier alpha value is -0.398. The van der Waals surface area contributed by atoms with Gasteiger partial charge in [-0.15, -0.1) is 0 Å². The number of carbonyl (C=O) groups is 2. The maximum atomic E-state index is 14.3. The fraction of sp³-hybridized carbons (Fsp3) is 0.391. The first-order valence-corrected chi connectivity index (χ1v) is 15.5. The predicted molar refractivity (Wildman–Crippen MR) is 128 cm³/mol. The zero-order chi connectivity index (χ0) is 26.9. The van der Waals surface area contributed by atoms with Crippen LogP contribution in [0.3, 0.4) is 0 Å². The van der Waals surface area contributed by atoms with E-state index in [1.54, 1.807) is 12.1 Å². The zero-order valence-electron chi connectivity index (χ0n) is 21.3. The van der Waals surface area contributed by atoms with Crippen molar-refractivity contribution in [2.45, 2.75) is 38.5 Å². The van der Waals surface area contributed by atoms with Gasteiger partial charge in [0, 0.05) is 90.9 Å². The van der Waals surface area contributed by atoms with Crippen molar-refractivity contribution in [3.8, 4) is 0 Å². The Balaban J connectivity index is 0.00000648. The predicted octanol–water partition coefficient (Wildman–Crippen LogP) is 4.34. The smallest absolute Gasteiger partial charge is 0.314 e. The van der Waals surface area contributed by atoms with Crippen LogP contribution in [-0.2, 0) is 75.0 Å². The Morgan fingerprint density at radius 2 is 0.946 bits per heavy atom. The Kier molecular flexibility index (Phi) is 13.6. The average Bonchev–Trinajstić information content (AvgIpc) is 2.76. The van der Waals surface area contributed by atoms with Crippen molar-refractivity contribution in [2.24, 2.45) is 5.41 Å². The standard InChI is InChI=1S/C23H26F6N2O2Si2.2Y/c1-30(15-9-7-11-17(13-15)34(3)4)19(32)21(22(24,25)26,23(27,28)29)20(33)31(2)16-10-8-12-18(14-16)35(5)6;;/h7-14H,1-6H3;;. The van der Waals surface area contributed by atoms with Crippen LogP contribution in [0, 0.1) is 5.41 Å². The van der Waals surface area contributed by atoms with E-state index in [-0.39, 0.29) is 86.6 Å². The molecule has 0 saturated heterocycles. The number of carbonyl (C=O) groups excluding carboxylic acids is 2. The second kappa shape index (κ2) is 13.8. The molecule has 0 bridgehead atoms. The van der Waals surface area contributed by atoms with Gasteiger partial charge in [-0.1, -0.05) is 60.8 Å². The number of amides is 2. The number of nitrogens with zero attached hydrogens (tertiary/aromatic N) is 2. The molecule has 0 saturated carbocycles. The number of benzene rings is 2. The first-order valence-electron chi connectivity index (χ1n) is 10.5. The third-order valence-electron chi connectivity index (χ3n) is 5.72. The van der Waals surface area contributed by atoms with Crippen molar-refractivity contribution in [1.82, 2.24) is 0 Å². The maximum absolute atomic E-state index is 14.3. The molecule has 2 aromatic carbocycles. The van der Waals surface area contributed by atoms with Gasteiger partial charge in [0.15, 0.2) is 0 Å². The number of hydrogen-bond acceptors (Lipinski definition) is 2. The van der Waals surface area contributed by atoms with Crippen molar-refractivity contribution in [2.75, 3.05) is 23.9 Å². The summed E-state index contributed by atoms with van der Waals surface area (Å²) in [6.07, 6.45) is -12.5. The second-order valence-electron chi connectivity index (χ2n) is 8.57. The topological polar surface area (TPSA) is 40.6 Å². The van der Waals surface area contributed by atoms with E-state index in [1.165, 1.54) is 36.4 Å². The Bertz CT molecular complexity index is 1010. The molecule has 0 N–H and O–H groups in total. The van der Waals surface area contributed by atoms with Crippen molar-refractivity contribution < 1.29 is 101 Å². The molecule has 0 spiro atoms. The van der Waals surface area contributed by atoms with Crippen LogP contribution in [0.15, 0.2) is 48.5 Å². The van der Waals surface area contributed by atoms with E-state index in [9.17, 15) is 35.9 Å². The molecule has 4 radical (unpaired) electrons. The van der Waals surface area contributed by atoms with Crippen LogP contribution in [0.1, 0.15) is 0 Å². The fourth-order valence-electron chi connectivity index (χ4n) is 3.53. The molecular formula is C23H26F6N2O2Si2Y2. The van der Waals surface area contributed by atoms with Crippen molar-refractivity contribution in [1.29, 1.82) is 0 Å². The molecule has 14 heteroatoms. The third kappa shape index (κ3) is 7.42. The number of halogens is 6. The summed E-state index contributed by atoms with van der Waals surface area (Å²) in [7, 11) is -0.615. The van der Waals surface area contributed by atoms with Gasteiger partial charge in [-0.25, -0.2) is 0 Å². The molecule has 0 aliphatic rings. The van der Waals surface area contributed by atoms with Gasteiger partial charge in [-0.3, -0.25) is 9.59 Å². The molecule has 2 rings (SSSR count). The summed E-state index contributed by atoms with van der Waals surface area (Å²) in [6.45, 7) is 7.53. The van der Waals surface area contributed by atoms with Crippen LogP contribution in [0.25, 0.3) is 0 Å². The SMILES string of the molecule is CN(C(=O)C(C(=O)N(C)c1cccc([Si](C)C)c1)(C(F)(F)F)C(F)(F)F)c1cccc([Si](C)C)c1.[Y].[Y]. The van der Waals surface area contributed by atoms with Gasteiger partial charge in [0.05, 0.1) is 17.6 Å². The maximum Gasteiger partial charge on any atom is 0.421 e. The number of rotatable bonds is 6. The van der Waals surface area contributed by atoms with Gasteiger partial charge in [-0.05, 0) is 24.3 Å². The van der Waals surface area contributed by atoms with Gasteiger partial charge in [0.25, 0.3) is 11.8 Å². The molecule has 0 aromatic heterocycles. The molecule has 2 amide bonds. The Morgan fingerprint density at radius 1 is 0.649 bits per heavy atom. The molecule has 0 unspecified atom stereocenters. The molecule has 0 atom stereocenters. The average molecular weight is 710 g/mol. The van der Waals surface area contributed by atoms with Gasteiger partial charge < -0.3 is 9.80 Å². The van der Waals surface area contributed by atoms with Gasteiger partial charge in [-0.2, -0.15) is 26.3 Å². The molecule has 0 fully saturated rings. The first kappa shape index (κ1) is 36.6. The summed E-state index contributed by atoms with van der Waals surface area (Å²) >= 11 is 0. The van der Waals surface area contributed by atoms with E-state index in [2.05, 4.69) is 0 Å². The summed E-state index contributed by atoms with van der Waals surface area (Å²) < 4.78 is 86.0. The Morgan fingerprint density at radius 3 is 1.19 bits per heavy atom. The summed E-state index contributed by atoms with van der Waals surface area (Å²) in [6, 6.07) is 11.5. The van der Waals surface area contributed by atoms with E-state index >= 15 is 0 Å². The normalized spacial score (nSPS) is 12.1. The summed E-state index contributed by atoms with van der Waals surface area (Å²) in [5, 5.41) is 1.41. The van der Waals surface area contributed by atoms with Crippen LogP contribution in [0.4, 0.5) is 37.7 Å². The zero-order valence-corrected chi connectivity index (χ0v) is 28.9. The summed E-state index contributed by atoms with van der Waals surface area (Å²) in [5.74, 6) is -4.83. The molecular weight excluding hydrogens is 684 g/mol. The number of alkyl halides is 6. The number of anilines is 2. The quantitative estimate of drug-likeness (QED) is 0.255. The fourth-order valence-corrected chi connectivity index (χ4v) is 5.26. The van der Waals surface area contributed by atoms with Crippen LogP contribution >= 0.6 is 0 Å². The van der Waals surface area contributed by atoms with Crippen molar-refractivity contribution in [3.05, 3.63) is 48.5 Å². The van der Waals surface area contributed by atoms with E-state index in [0.717, 1.165) is 14.1 Å². The molecule has 37 heavy (non-hydrogen) atoms. The molecule has 0 heterocycles. The van der Waals surface area contributed by atoms with Crippen LogP contribution in [-0.4, -0.2) is 55.9 Å². The molecule has 196 valence electrons.